The van der Waals surface area contributed by atoms with Crippen molar-refractivity contribution in [2.75, 3.05) is 27.3 Å². The van der Waals surface area contributed by atoms with Crippen molar-refractivity contribution in [2.45, 2.75) is 12.8 Å². The van der Waals surface area contributed by atoms with Gasteiger partial charge in [0.05, 0.1) is 20.8 Å². The van der Waals surface area contributed by atoms with Gasteiger partial charge in [-0.2, -0.15) is 0 Å². The number of benzene rings is 1. The molecule has 0 fully saturated rings. The molecule has 1 aromatic rings. The fraction of sp³-hybridized carbons (Fsp3) is 0.400. The Morgan fingerprint density at radius 3 is 2.58 bits per heavy atom. The summed E-state index contributed by atoms with van der Waals surface area (Å²) in [6.07, 6.45) is 4.24. The molecule has 1 aromatic carbocycles. The van der Waals surface area contributed by atoms with Crippen LogP contribution < -0.4 is 14.8 Å². The number of hydrogen-bond acceptors (Lipinski definition) is 4. The molecule has 100 valence electrons. The Kier molecular flexibility index (Phi) is 3.15. The highest BCUT2D eigenvalue weighted by molar-refractivity contribution is 6.03. The molecule has 4 heteroatoms. The predicted molar refractivity (Wildman–Crippen MR) is 76.1 cm³/mol. The molecule has 0 spiro atoms. The molecule has 4 nitrogen and oxygen atoms in total. The van der Waals surface area contributed by atoms with Crippen molar-refractivity contribution in [2.24, 2.45) is 4.99 Å². The number of nitrogens with one attached hydrogen (secondary N) is 1. The molecule has 1 aliphatic heterocycles. The van der Waals surface area contributed by atoms with Crippen molar-refractivity contribution in [3.63, 3.8) is 0 Å². The maximum absolute atomic E-state index is 5.36. The van der Waals surface area contributed by atoms with E-state index in [9.17, 15) is 0 Å². The highest BCUT2D eigenvalue weighted by Gasteiger charge is 2.18. The first-order valence-electron chi connectivity index (χ1n) is 6.56. The van der Waals surface area contributed by atoms with Crippen LogP contribution in [0.2, 0.25) is 0 Å². The van der Waals surface area contributed by atoms with Gasteiger partial charge in [0, 0.05) is 6.54 Å². The van der Waals surface area contributed by atoms with Crippen LogP contribution in [0.15, 0.2) is 22.7 Å². The second-order valence-electron chi connectivity index (χ2n) is 4.73. The van der Waals surface area contributed by atoms with Crippen molar-refractivity contribution in [1.82, 2.24) is 5.32 Å². The van der Waals surface area contributed by atoms with E-state index >= 15 is 0 Å². The van der Waals surface area contributed by atoms with Crippen LogP contribution in [0.4, 0.5) is 0 Å². The maximum Gasteiger partial charge on any atom is 0.161 e. The highest BCUT2D eigenvalue weighted by Crippen LogP contribution is 2.35. The summed E-state index contributed by atoms with van der Waals surface area (Å²) in [6, 6.07) is 4.12. The van der Waals surface area contributed by atoms with Crippen molar-refractivity contribution in [3.8, 4) is 11.5 Å². The number of hydrogen-bond donors (Lipinski definition) is 1. The first-order valence-corrected chi connectivity index (χ1v) is 6.56. The molecule has 0 amide bonds. The lowest BCUT2D eigenvalue weighted by atomic mass is 9.91. The van der Waals surface area contributed by atoms with Gasteiger partial charge in [0.15, 0.2) is 11.5 Å². The van der Waals surface area contributed by atoms with Gasteiger partial charge in [-0.15, -0.1) is 0 Å². The number of nitrogens with zero attached hydrogens (tertiary/aromatic N) is 1. The standard InChI is InChI=1S/C15H18N2O2/c1-18-13-8-10-3-4-11(15-16-5-6-17-15)7-12(10)9-14(13)19-2/h7-9H,3-6H2,1-2H3,(H,16,17). The number of fused-ring (bicyclic) bond motifs is 1. The predicted octanol–water partition coefficient (Wildman–Crippen LogP) is 2.04. The van der Waals surface area contributed by atoms with Crippen LogP contribution in [0.1, 0.15) is 17.5 Å². The smallest absolute Gasteiger partial charge is 0.161 e. The molecular weight excluding hydrogens is 240 g/mol. The van der Waals surface area contributed by atoms with Crippen molar-refractivity contribution < 1.29 is 9.47 Å². The molecule has 0 saturated heterocycles. The van der Waals surface area contributed by atoms with Crippen LogP contribution in [0, 0.1) is 0 Å². The average Bonchev–Trinajstić information content (AvgIpc) is 2.99. The van der Waals surface area contributed by atoms with Crippen LogP contribution in [0.3, 0.4) is 0 Å². The topological polar surface area (TPSA) is 42.9 Å². The van der Waals surface area contributed by atoms with E-state index in [1.165, 1.54) is 16.7 Å². The fourth-order valence-corrected chi connectivity index (χ4v) is 2.62. The number of aliphatic imine (C=N–C) groups is 1. The van der Waals surface area contributed by atoms with E-state index in [1.807, 2.05) is 6.07 Å². The molecule has 2 aliphatic rings. The Bertz CT molecular complexity index is 562. The van der Waals surface area contributed by atoms with Crippen molar-refractivity contribution >= 4 is 11.9 Å². The van der Waals surface area contributed by atoms with Crippen LogP contribution in [0.25, 0.3) is 6.08 Å². The minimum atomic E-state index is 0.778. The third kappa shape index (κ3) is 2.18. The van der Waals surface area contributed by atoms with E-state index in [-0.39, 0.29) is 0 Å². The summed E-state index contributed by atoms with van der Waals surface area (Å²) in [5.41, 5.74) is 3.80. The molecule has 1 aliphatic carbocycles. The monoisotopic (exact) mass is 258 g/mol. The summed E-state index contributed by atoms with van der Waals surface area (Å²) >= 11 is 0. The van der Waals surface area contributed by atoms with Gasteiger partial charge in [0.2, 0.25) is 0 Å². The lowest BCUT2D eigenvalue weighted by Gasteiger charge is -2.19. The number of methoxy groups -OCH3 is 2. The Labute approximate surface area is 113 Å². The SMILES string of the molecule is COc1cc2c(cc1OC)CCC(C1=NCCN1)=C2. The van der Waals surface area contributed by atoms with Crippen LogP contribution >= 0.6 is 0 Å². The molecule has 19 heavy (non-hydrogen) atoms. The van der Waals surface area contributed by atoms with Gasteiger partial charge in [-0.1, -0.05) is 0 Å². The summed E-state index contributed by atoms with van der Waals surface area (Å²) in [6.45, 7) is 1.83. The Morgan fingerprint density at radius 2 is 1.89 bits per heavy atom. The van der Waals surface area contributed by atoms with Gasteiger partial charge in [-0.3, -0.25) is 4.99 Å². The molecule has 0 bridgehead atoms. The second kappa shape index (κ2) is 4.96. The highest BCUT2D eigenvalue weighted by atomic mass is 16.5. The van der Waals surface area contributed by atoms with E-state index < -0.39 is 0 Å². The molecule has 0 saturated carbocycles. The van der Waals surface area contributed by atoms with Gasteiger partial charge in [-0.05, 0) is 47.8 Å². The number of rotatable bonds is 3. The molecule has 3 rings (SSSR count). The molecule has 1 N–H and O–H groups in total. The zero-order valence-electron chi connectivity index (χ0n) is 11.3. The molecule has 0 atom stereocenters. The fourth-order valence-electron chi connectivity index (χ4n) is 2.62. The normalized spacial score (nSPS) is 17.2. The quantitative estimate of drug-likeness (QED) is 0.902. The summed E-state index contributed by atoms with van der Waals surface area (Å²) < 4.78 is 10.7. The largest absolute Gasteiger partial charge is 0.493 e. The summed E-state index contributed by atoms with van der Waals surface area (Å²) in [7, 11) is 3.34. The van der Waals surface area contributed by atoms with Crippen LogP contribution in [0.5, 0.6) is 11.5 Å². The summed E-state index contributed by atoms with van der Waals surface area (Å²) in [5.74, 6) is 2.63. The minimum Gasteiger partial charge on any atom is -0.493 e. The molecule has 1 heterocycles. The van der Waals surface area contributed by atoms with Crippen LogP contribution in [-0.2, 0) is 6.42 Å². The second-order valence-corrected chi connectivity index (χ2v) is 4.73. The number of ether oxygens (including phenoxy) is 2. The van der Waals surface area contributed by atoms with E-state index in [0.29, 0.717) is 0 Å². The zero-order chi connectivity index (χ0) is 13.2. The number of aryl methyl sites for hydroxylation is 1. The molecule has 0 unspecified atom stereocenters. The van der Waals surface area contributed by atoms with Gasteiger partial charge in [0.1, 0.15) is 5.84 Å². The van der Waals surface area contributed by atoms with Crippen molar-refractivity contribution in [3.05, 3.63) is 28.8 Å². The average molecular weight is 258 g/mol. The molecular formula is C15H18N2O2. The van der Waals surface area contributed by atoms with Gasteiger partial charge in [0.25, 0.3) is 0 Å². The Hall–Kier alpha value is -1.97. The van der Waals surface area contributed by atoms with Crippen LogP contribution in [-0.4, -0.2) is 33.1 Å². The van der Waals surface area contributed by atoms with E-state index in [0.717, 1.165) is 43.3 Å². The molecule has 0 radical (unpaired) electrons. The van der Waals surface area contributed by atoms with E-state index in [1.54, 1.807) is 14.2 Å². The molecule has 0 aromatic heterocycles. The lowest BCUT2D eigenvalue weighted by Crippen LogP contribution is -2.22. The summed E-state index contributed by atoms with van der Waals surface area (Å²) in [4.78, 5) is 4.49. The first-order chi connectivity index (χ1) is 9.31. The number of amidine groups is 1. The lowest BCUT2D eigenvalue weighted by molar-refractivity contribution is 0.354. The van der Waals surface area contributed by atoms with Gasteiger partial charge < -0.3 is 14.8 Å². The maximum atomic E-state index is 5.36. The van der Waals surface area contributed by atoms with Crippen molar-refractivity contribution in [1.29, 1.82) is 0 Å². The van der Waals surface area contributed by atoms with E-state index in [4.69, 9.17) is 9.47 Å². The summed E-state index contributed by atoms with van der Waals surface area (Å²) in [5, 5.41) is 3.33. The van der Waals surface area contributed by atoms with E-state index in [2.05, 4.69) is 22.5 Å². The Morgan fingerprint density at radius 1 is 1.11 bits per heavy atom. The zero-order valence-corrected chi connectivity index (χ0v) is 11.3. The Balaban J connectivity index is 2.00. The first kappa shape index (κ1) is 12.1. The van der Waals surface area contributed by atoms with Gasteiger partial charge in [-0.25, -0.2) is 0 Å². The van der Waals surface area contributed by atoms with Gasteiger partial charge >= 0.3 is 0 Å². The minimum absolute atomic E-state index is 0.778. The third-order valence-corrected chi connectivity index (χ3v) is 3.62. The third-order valence-electron chi connectivity index (χ3n) is 3.62.